The second kappa shape index (κ2) is 9.85. The van der Waals surface area contributed by atoms with E-state index in [1.54, 1.807) is 13.0 Å². The van der Waals surface area contributed by atoms with Crippen LogP contribution in [0.5, 0.6) is 0 Å². The van der Waals surface area contributed by atoms with Crippen molar-refractivity contribution in [3.63, 3.8) is 0 Å². The summed E-state index contributed by atoms with van der Waals surface area (Å²) in [6.45, 7) is 2.32. The van der Waals surface area contributed by atoms with Crippen LogP contribution in [0.2, 0.25) is 0 Å². The molecule has 6 heteroatoms. The molecule has 2 rings (SSSR count). The molecule has 1 aliphatic rings. The molecule has 1 aliphatic heterocycles. The van der Waals surface area contributed by atoms with Crippen molar-refractivity contribution in [2.75, 3.05) is 6.61 Å². The lowest BCUT2D eigenvalue weighted by molar-refractivity contribution is -0.363. The van der Waals surface area contributed by atoms with Crippen molar-refractivity contribution < 1.29 is 28.8 Å². The van der Waals surface area contributed by atoms with E-state index in [9.17, 15) is 9.59 Å². The van der Waals surface area contributed by atoms with Crippen LogP contribution >= 0.6 is 0 Å². The molecule has 0 radical (unpaired) electrons. The zero-order valence-electron chi connectivity index (χ0n) is 13.7. The summed E-state index contributed by atoms with van der Waals surface area (Å²) < 4.78 is 10.0. The van der Waals surface area contributed by atoms with Crippen LogP contribution in [-0.4, -0.2) is 30.8 Å². The number of esters is 2. The van der Waals surface area contributed by atoms with E-state index in [-0.39, 0.29) is 31.2 Å². The van der Waals surface area contributed by atoms with Gasteiger partial charge in [0.2, 0.25) is 0 Å². The molecule has 1 aromatic carbocycles. The predicted octanol–water partition coefficient (Wildman–Crippen LogP) is 2.72. The van der Waals surface area contributed by atoms with Crippen LogP contribution < -0.4 is 0 Å². The zero-order valence-corrected chi connectivity index (χ0v) is 13.7. The molecule has 0 bridgehead atoms. The van der Waals surface area contributed by atoms with Gasteiger partial charge in [-0.1, -0.05) is 30.3 Å². The third kappa shape index (κ3) is 6.52. The number of hydrogen-bond acceptors (Lipinski definition) is 6. The maximum atomic E-state index is 11.8. The highest BCUT2D eigenvalue weighted by atomic mass is 17.2. The highest BCUT2D eigenvalue weighted by Gasteiger charge is 2.24. The summed E-state index contributed by atoms with van der Waals surface area (Å²) in [6, 6.07) is 9.49. The van der Waals surface area contributed by atoms with Gasteiger partial charge in [0.05, 0.1) is 13.0 Å². The molecule has 0 amide bonds. The number of hydrogen-bond donors (Lipinski definition) is 0. The SMILES string of the molecule is CCOC(=O)/C=C/[C@@H]1CC[C@@H](CC(=O)OCc2ccccc2)OO1. The molecule has 6 nitrogen and oxygen atoms in total. The minimum Gasteiger partial charge on any atom is -0.463 e. The Morgan fingerprint density at radius 3 is 2.62 bits per heavy atom. The highest BCUT2D eigenvalue weighted by Crippen LogP contribution is 2.20. The number of benzene rings is 1. The quantitative estimate of drug-likeness (QED) is 0.434. The van der Waals surface area contributed by atoms with Crippen LogP contribution in [0.15, 0.2) is 42.5 Å². The molecule has 1 fully saturated rings. The Morgan fingerprint density at radius 2 is 1.96 bits per heavy atom. The van der Waals surface area contributed by atoms with Gasteiger partial charge in [-0.25, -0.2) is 14.6 Å². The van der Waals surface area contributed by atoms with Gasteiger partial charge < -0.3 is 9.47 Å². The minimum absolute atomic E-state index is 0.140. The smallest absolute Gasteiger partial charge is 0.330 e. The molecular weight excluding hydrogens is 312 g/mol. The summed E-state index contributed by atoms with van der Waals surface area (Å²) in [6.07, 6.45) is 3.73. The van der Waals surface area contributed by atoms with Crippen LogP contribution in [-0.2, 0) is 35.4 Å². The first-order valence-corrected chi connectivity index (χ1v) is 8.04. The number of carbonyl (C=O) groups is 2. The van der Waals surface area contributed by atoms with Gasteiger partial charge >= 0.3 is 11.9 Å². The fourth-order valence-corrected chi connectivity index (χ4v) is 2.22. The van der Waals surface area contributed by atoms with E-state index < -0.39 is 5.97 Å². The van der Waals surface area contributed by atoms with Gasteiger partial charge in [0, 0.05) is 6.08 Å². The highest BCUT2D eigenvalue weighted by molar-refractivity contribution is 5.81. The van der Waals surface area contributed by atoms with Crippen molar-refractivity contribution in [3.8, 4) is 0 Å². The van der Waals surface area contributed by atoms with Crippen molar-refractivity contribution >= 4 is 11.9 Å². The first kappa shape index (κ1) is 18.2. The summed E-state index contributed by atoms with van der Waals surface area (Å²) in [4.78, 5) is 33.4. The fraction of sp³-hybridized carbons (Fsp3) is 0.444. The summed E-state index contributed by atoms with van der Waals surface area (Å²) >= 11 is 0. The standard InChI is InChI=1S/C18H22O6/c1-2-21-17(19)11-10-15-8-9-16(24-23-15)12-18(20)22-13-14-6-4-3-5-7-14/h3-7,10-11,15-16H,2,8-9,12-13H2,1H3/b11-10+/t15-,16-/m0/s1. The van der Waals surface area contributed by atoms with E-state index in [1.165, 1.54) is 6.08 Å². The van der Waals surface area contributed by atoms with Gasteiger partial charge in [0.1, 0.15) is 18.8 Å². The first-order valence-electron chi connectivity index (χ1n) is 8.04. The average molecular weight is 334 g/mol. The molecule has 1 heterocycles. The van der Waals surface area contributed by atoms with E-state index in [2.05, 4.69) is 0 Å². The van der Waals surface area contributed by atoms with Crippen LogP contribution in [0.4, 0.5) is 0 Å². The third-order valence-corrected chi connectivity index (χ3v) is 3.46. The molecule has 1 saturated heterocycles. The predicted molar refractivity (Wildman–Crippen MR) is 85.6 cm³/mol. The lowest BCUT2D eigenvalue weighted by Gasteiger charge is -2.25. The van der Waals surface area contributed by atoms with Crippen molar-refractivity contribution in [3.05, 3.63) is 48.0 Å². The largest absolute Gasteiger partial charge is 0.463 e. The monoisotopic (exact) mass is 334 g/mol. The Morgan fingerprint density at radius 1 is 1.17 bits per heavy atom. The Labute approximate surface area is 141 Å². The average Bonchev–Trinajstić information content (AvgIpc) is 2.60. The maximum Gasteiger partial charge on any atom is 0.330 e. The van der Waals surface area contributed by atoms with E-state index >= 15 is 0 Å². The van der Waals surface area contributed by atoms with E-state index in [4.69, 9.17) is 19.2 Å². The number of carbonyl (C=O) groups excluding carboxylic acids is 2. The molecule has 0 aliphatic carbocycles. The maximum absolute atomic E-state index is 11.8. The van der Waals surface area contributed by atoms with E-state index in [0.717, 1.165) is 5.56 Å². The Kier molecular flexibility index (Phi) is 7.45. The second-order valence-electron chi connectivity index (χ2n) is 5.39. The third-order valence-electron chi connectivity index (χ3n) is 3.46. The van der Waals surface area contributed by atoms with Crippen molar-refractivity contribution in [2.45, 2.75) is 45.0 Å². The molecule has 0 aromatic heterocycles. The van der Waals surface area contributed by atoms with Crippen molar-refractivity contribution in [2.24, 2.45) is 0 Å². The van der Waals surface area contributed by atoms with Crippen LogP contribution in [0.25, 0.3) is 0 Å². The first-order chi connectivity index (χ1) is 11.7. The minimum atomic E-state index is -0.410. The topological polar surface area (TPSA) is 71.1 Å². The molecule has 0 N–H and O–H groups in total. The van der Waals surface area contributed by atoms with Crippen LogP contribution in [0, 0.1) is 0 Å². The lowest BCUT2D eigenvalue weighted by Crippen LogP contribution is -2.29. The Hall–Kier alpha value is -2.18. The summed E-state index contributed by atoms with van der Waals surface area (Å²) in [7, 11) is 0. The van der Waals surface area contributed by atoms with Gasteiger partial charge in [-0.2, -0.15) is 0 Å². The molecule has 130 valence electrons. The number of rotatable bonds is 7. The molecule has 1 aromatic rings. The van der Waals surface area contributed by atoms with E-state index in [1.807, 2.05) is 30.3 Å². The van der Waals surface area contributed by atoms with Gasteiger partial charge in [0.25, 0.3) is 0 Å². The fourth-order valence-electron chi connectivity index (χ4n) is 2.22. The lowest BCUT2D eigenvalue weighted by atomic mass is 10.1. The van der Waals surface area contributed by atoms with Crippen molar-refractivity contribution in [1.29, 1.82) is 0 Å². The summed E-state index contributed by atoms with van der Waals surface area (Å²) in [5, 5.41) is 0. The van der Waals surface area contributed by atoms with Gasteiger partial charge in [-0.05, 0) is 31.4 Å². The normalized spacial score (nSPS) is 20.7. The summed E-state index contributed by atoms with van der Waals surface area (Å²) in [5.41, 5.74) is 0.941. The van der Waals surface area contributed by atoms with Crippen molar-refractivity contribution in [1.82, 2.24) is 0 Å². The Bertz CT molecular complexity index is 546. The summed E-state index contributed by atoms with van der Waals surface area (Å²) in [5.74, 6) is -0.735. The van der Waals surface area contributed by atoms with Crippen LogP contribution in [0.3, 0.4) is 0 Å². The molecule has 24 heavy (non-hydrogen) atoms. The van der Waals surface area contributed by atoms with Crippen LogP contribution in [0.1, 0.15) is 31.7 Å². The molecular formula is C18H22O6. The molecule has 2 atom stereocenters. The van der Waals surface area contributed by atoms with Gasteiger partial charge in [-0.15, -0.1) is 0 Å². The molecule has 0 spiro atoms. The second-order valence-corrected chi connectivity index (χ2v) is 5.39. The number of ether oxygens (including phenoxy) is 2. The van der Waals surface area contributed by atoms with Gasteiger partial charge in [-0.3, -0.25) is 4.79 Å². The zero-order chi connectivity index (χ0) is 17.2. The van der Waals surface area contributed by atoms with Gasteiger partial charge in [0.15, 0.2) is 0 Å². The molecule has 0 unspecified atom stereocenters. The van der Waals surface area contributed by atoms with E-state index in [0.29, 0.717) is 19.4 Å². The Balaban J connectivity index is 1.65. The molecule has 0 saturated carbocycles.